The summed E-state index contributed by atoms with van der Waals surface area (Å²) in [5, 5.41) is 4.11. The number of halogens is 1. The predicted octanol–water partition coefficient (Wildman–Crippen LogP) is 3.77. The van der Waals surface area contributed by atoms with Gasteiger partial charge in [0.2, 0.25) is 0 Å². The molecule has 0 bridgehead atoms. The topological polar surface area (TPSA) is 24.5 Å². The molecule has 1 aliphatic rings. The molecule has 0 aliphatic carbocycles. The molecule has 2 aromatic carbocycles. The van der Waals surface area contributed by atoms with Gasteiger partial charge < -0.3 is 15.0 Å². The van der Waals surface area contributed by atoms with Gasteiger partial charge in [0.25, 0.3) is 0 Å². The minimum atomic E-state index is 0.161. The van der Waals surface area contributed by atoms with Gasteiger partial charge in [0.05, 0.1) is 12.7 Å². The number of anilines is 2. The summed E-state index contributed by atoms with van der Waals surface area (Å²) in [4.78, 5) is 2.14. The van der Waals surface area contributed by atoms with Gasteiger partial charge in [0.15, 0.2) is 0 Å². The highest BCUT2D eigenvalue weighted by molar-refractivity contribution is 6.30. The number of benzene rings is 2. The molecule has 0 spiro atoms. The molecule has 3 nitrogen and oxygen atoms in total. The average Bonchev–Trinajstić information content (AvgIpc) is 2.56. The van der Waals surface area contributed by atoms with Crippen LogP contribution in [0.25, 0.3) is 0 Å². The van der Waals surface area contributed by atoms with Crippen LogP contribution in [0.15, 0.2) is 48.5 Å². The lowest BCUT2D eigenvalue weighted by Crippen LogP contribution is -2.33. The monoisotopic (exact) mass is 302 g/mol. The van der Waals surface area contributed by atoms with Crippen LogP contribution in [0, 0.1) is 0 Å². The molecule has 1 unspecified atom stereocenters. The standard InChI is InChI=1S/C17H19ClN2O/c1-20(16-8-4-14(18)5-9-16)15-6-2-13(3-7-15)17-12-19-10-11-21-17/h2-9,17,19H,10-12H2,1H3. The van der Waals surface area contributed by atoms with Crippen molar-refractivity contribution in [3.05, 3.63) is 59.1 Å². The van der Waals surface area contributed by atoms with Gasteiger partial charge in [0.1, 0.15) is 0 Å². The van der Waals surface area contributed by atoms with Crippen molar-refractivity contribution in [1.29, 1.82) is 0 Å². The summed E-state index contributed by atoms with van der Waals surface area (Å²) in [7, 11) is 2.05. The van der Waals surface area contributed by atoms with Crippen molar-refractivity contribution in [3.63, 3.8) is 0 Å². The molecule has 1 saturated heterocycles. The zero-order valence-corrected chi connectivity index (χ0v) is 12.8. The van der Waals surface area contributed by atoms with Crippen LogP contribution < -0.4 is 10.2 Å². The first-order valence-corrected chi connectivity index (χ1v) is 7.53. The van der Waals surface area contributed by atoms with E-state index in [9.17, 15) is 0 Å². The maximum Gasteiger partial charge on any atom is 0.0949 e. The van der Waals surface area contributed by atoms with Crippen LogP contribution in [0.5, 0.6) is 0 Å². The fourth-order valence-electron chi connectivity index (χ4n) is 2.51. The Kier molecular flexibility index (Phi) is 4.44. The van der Waals surface area contributed by atoms with E-state index in [2.05, 4.69) is 41.5 Å². The lowest BCUT2D eigenvalue weighted by molar-refractivity contribution is 0.0277. The molecule has 0 saturated carbocycles. The molecule has 4 heteroatoms. The third-order valence-corrected chi connectivity index (χ3v) is 4.05. The van der Waals surface area contributed by atoms with E-state index in [1.807, 2.05) is 24.3 Å². The minimum Gasteiger partial charge on any atom is -0.371 e. The van der Waals surface area contributed by atoms with Gasteiger partial charge in [-0.15, -0.1) is 0 Å². The van der Waals surface area contributed by atoms with Crippen molar-refractivity contribution < 1.29 is 4.74 Å². The Morgan fingerprint density at radius 2 is 1.67 bits per heavy atom. The number of hydrogen-bond donors (Lipinski definition) is 1. The largest absolute Gasteiger partial charge is 0.371 e. The summed E-state index contributed by atoms with van der Waals surface area (Å²) in [6.45, 7) is 2.59. The van der Waals surface area contributed by atoms with Gasteiger partial charge in [-0.25, -0.2) is 0 Å². The van der Waals surface area contributed by atoms with E-state index in [1.165, 1.54) is 5.56 Å². The summed E-state index contributed by atoms with van der Waals surface area (Å²) in [5.41, 5.74) is 3.48. The third-order valence-electron chi connectivity index (χ3n) is 3.79. The van der Waals surface area contributed by atoms with Crippen molar-refractivity contribution in [2.45, 2.75) is 6.10 Å². The quantitative estimate of drug-likeness (QED) is 0.934. The van der Waals surface area contributed by atoms with Crippen molar-refractivity contribution in [2.24, 2.45) is 0 Å². The van der Waals surface area contributed by atoms with Gasteiger partial charge >= 0.3 is 0 Å². The van der Waals surface area contributed by atoms with Gasteiger partial charge in [-0.05, 0) is 42.0 Å². The van der Waals surface area contributed by atoms with Crippen molar-refractivity contribution in [1.82, 2.24) is 5.32 Å². The number of nitrogens with zero attached hydrogens (tertiary/aromatic N) is 1. The Morgan fingerprint density at radius 1 is 1.05 bits per heavy atom. The molecule has 1 atom stereocenters. The molecular weight excluding hydrogens is 284 g/mol. The minimum absolute atomic E-state index is 0.161. The van der Waals surface area contributed by atoms with Gasteiger partial charge in [-0.2, -0.15) is 0 Å². The molecule has 0 amide bonds. The van der Waals surface area contributed by atoms with Crippen LogP contribution in [0.1, 0.15) is 11.7 Å². The molecule has 1 heterocycles. The highest BCUT2D eigenvalue weighted by Crippen LogP contribution is 2.27. The van der Waals surface area contributed by atoms with Crippen LogP contribution >= 0.6 is 11.6 Å². The van der Waals surface area contributed by atoms with E-state index in [0.717, 1.165) is 36.1 Å². The second-order valence-electron chi connectivity index (χ2n) is 5.19. The predicted molar refractivity (Wildman–Crippen MR) is 87.5 cm³/mol. The van der Waals surface area contributed by atoms with Crippen LogP contribution in [0.3, 0.4) is 0 Å². The highest BCUT2D eigenvalue weighted by atomic mass is 35.5. The molecule has 21 heavy (non-hydrogen) atoms. The summed E-state index contributed by atoms with van der Waals surface area (Å²) < 4.78 is 5.77. The van der Waals surface area contributed by atoms with E-state index in [1.54, 1.807) is 0 Å². The molecule has 0 aromatic heterocycles. The smallest absolute Gasteiger partial charge is 0.0949 e. The second kappa shape index (κ2) is 6.48. The van der Waals surface area contributed by atoms with Gasteiger partial charge in [-0.1, -0.05) is 23.7 Å². The van der Waals surface area contributed by atoms with E-state index in [4.69, 9.17) is 16.3 Å². The number of morpholine rings is 1. The third kappa shape index (κ3) is 3.38. The zero-order chi connectivity index (χ0) is 14.7. The molecule has 1 fully saturated rings. The van der Waals surface area contributed by atoms with Crippen LogP contribution in [-0.4, -0.2) is 26.7 Å². The Hall–Kier alpha value is -1.55. The van der Waals surface area contributed by atoms with E-state index >= 15 is 0 Å². The Bertz CT molecular complexity index is 577. The fourth-order valence-corrected chi connectivity index (χ4v) is 2.63. The maximum atomic E-state index is 5.93. The summed E-state index contributed by atoms with van der Waals surface area (Å²) in [5.74, 6) is 0. The lowest BCUT2D eigenvalue weighted by atomic mass is 10.1. The Morgan fingerprint density at radius 3 is 2.24 bits per heavy atom. The number of nitrogens with one attached hydrogen (secondary N) is 1. The fraction of sp³-hybridized carbons (Fsp3) is 0.294. The summed E-state index contributed by atoms with van der Waals surface area (Å²) in [6, 6.07) is 16.4. The first-order valence-electron chi connectivity index (χ1n) is 7.15. The molecule has 3 rings (SSSR count). The molecule has 0 radical (unpaired) electrons. The average molecular weight is 303 g/mol. The van der Waals surface area contributed by atoms with Crippen LogP contribution in [-0.2, 0) is 4.74 Å². The SMILES string of the molecule is CN(c1ccc(Cl)cc1)c1ccc(C2CNCCO2)cc1. The summed E-state index contributed by atoms with van der Waals surface area (Å²) in [6.07, 6.45) is 0.161. The molecule has 2 aromatic rings. The number of ether oxygens (including phenoxy) is 1. The van der Waals surface area contributed by atoms with E-state index in [-0.39, 0.29) is 6.10 Å². The molecule has 110 valence electrons. The molecule has 1 N–H and O–H groups in total. The first-order chi connectivity index (χ1) is 10.2. The second-order valence-corrected chi connectivity index (χ2v) is 5.63. The summed E-state index contributed by atoms with van der Waals surface area (Å²) >= 11 is 5.93. The highest BCUT2D eigenvalue weighted by Gasteiger charge is 2.15. The first kappa shape index (κ1) is 14.4. The van der Waals surface area contributed by atoms with Crippen molar-refractivity contribution in [3.8, 4) is 0 Å². The molecular formula is C17H19ClN2O. The Balaban J connectivity index is 1.75. The number of rotatable bonds is 3. The van der Waals surface area contributed by atoms with Crippen molar-refractivity contribution in [2.75, 3.05) is 31.6 Å². The van der Waals surface area contributed by atoms with Crippen LogP contribution in [0.4, 0.5) is 11.4 Å². The van der Waals surface area contributed by atoms with Crippen LogP contribution in [0.2, 0.25) is 5.02 Å². The maximum absolute atomic E-state index is 5.93. The lowest BCUT2D eigenvalue weighted by Gasteiger charge is -2.25. The number of hydrogen-bond acceptors (Lipinski definition) is 3. The van der Waals surface area contributed by atoms with E-state index < -0.39 is 0 Å². The van der Waals surface area contributed by atoms with Crippen molar-refractivity contribution >= 4 is 23.0 Å². The zero-order valence-electron chi connectivity index (χ0n) is 12.1. The van der Waals surface area contributed by atoms with E-state index in [0.29, 0.717) is 0 Å². The normalized spacial score (nSPS) is 18.5. The van der Waals surface area contributed by atoms with Gasteiger partial charge in [0, 0.05) is 36.5 Å². The Labute approximate surface area is 130 Å². The van der Waals surface area contributed by atoms with Gasteiger partial charge in [-0.3, -0.25) is 0 Å². The molecule has 1 aliphatic heterocycles.